The summed E-state index contributed by atoms with van der Waals surface area (Å²) in [6, 6.07) is 0. The molecule has 0 unspecified atom stereocenters. The molecule has 12 heavy (non-hydrogen) atoms. The summed E-state index contributed by atoms with van der Waals surface area (Å²) in [5, 5.41) is 2.32. The van der Waals surface area contributed by atoms with E-state index in [2.05, 4.69) is 5.32 Å². The van der Waals surface area contributed by atoms with E-state index in [0.717, 1.165) is 12.8 Å². The van der Waals surface area contributed by atoms with Crippen LogP contribution in [-0.2, 0) is 4.74 Å². The highest BCUT2D eigenvalue weighted by Gasteiger charge is 2.27. The van der Waals surface area contributed by atoms with Gasteiger partial charge in [-0.2, -0.15) is 13.2 Å². The largest absolute Gasteiger partial charge is 0.401 e. The number of halogens is 3. The van der Waals surface area contributed by atoms with E-state index < -0.39 is 12.7 Å². The van der Waals surface area contributed by atoms with Crippen LogP contribution in [0.25, 0.3) is 0 Å². The zero-order chi connectivity index (χ0) is 9.03. The Kier molecular flexibility index (Phi) is 3.34. The predicted molar refractivity (Wildman–Crippen MR) is 37.9 cm³/mol. The van der Waals surface area contributed by atoms with Crippen molar-refractivity contribution < 1.29 is 17.9 Å². The second-order valence-corrected chi connectivity index (χ2v) is 2.88. The van der Waals surface area contributed by atoms with Gasteiger partial charge in [0.1, 0.15) is 0 Å². The second kappa shape index (κ2) is 4.09. The molecule has 0 amide bonds. The molecule has 0 aliphatic carbocycles. The molecule has 0 saturated carbocycles. The number of nitrogens with one attached hydrogen (secondary N) is 1. The van der Waals surface area contributed by atoms with Crippen molar-refractivity contribution >= 4 is 0 Å². The van der Waals surface area contributed by atoms with Gasteiger partial charge in [0.2, 0.25) is 0 Å². The van der Waals surface area contributed by atoms with Gasteiger partial charge in [-0.3, -0.25) is 0 Å². The third kappa shape index (κ3) is 3.92. The maximum Gasteiger partial charge on any atom is 0.401 e. The molecule has 5 heteroatoms. The highest BCUT2D eigenvalue weighted by molar-refractivity contribution is 4.68. The van der Waals surface area contributed by atoms with E-state index in [1.165, 1.54) is 0 Å². The first-order chi connectivity index (χ1) is 5.58. The summed E-state index contributed by atoms with van der Waals surface area (Å²) in [4.78, 5) is 0. The molecule has 0 aromatic rings. The van der Waals surface area contributed by atoms with Gasteiger partial charge in [0, 0.05) is 13.2 Å². The fraction of sp³-hybridized carbons (Fsp3) is 1.00. The van der Waals surface area contributed by atoms with Crippen molar-refractivity contribution in [3.8, 4) is 0 Å². The fourth-order valence-electron chi connectivity index (χ4n) is 1.18. The molecule has 0 aromatic carbocycles. The molecule has 0 radical (unpaired) electrons. The van der Waals surface area contributed by atoms with Crippen molar-refractivity contribution in [1.82, 2.24) is 5.32 Å². The van der Waals surface area contributed by atoms with Gasteiger partial charge in [0.25, 0.3) is 0 Å². The number of alkyl halides is 3. The number of rotatable bonds is 3. The summed E-state index contributed by atoms with van der Waals surface area (Å²) < 4.78 is 40.0. The molecule has 1 N–H and O–H groups in total. The van der Waals surface area contributed by atoms with Crippen molar-refractivity contribution in [3.63, 3.8) is 0 Å². The Hall–Kier alpha value is -0.290. The van der Waals surface area contributed by atoms with Gasteiger partial charge in [-0.1, -0.05) is 0 Å². The lowest BCUT2D eigenvalue weighted by Gasteiger charge is -2.11. The van der Waals surface area contributed by atoms with Gasteiger partial charge in [-0.25, -0.2) is 0 Å². The molecule has 2 nitrogen and oxygen atoms in total. The Morgan fingerprint density at radius 2 is 2.17 bits per heavy atom. The summed E-state index contributed by atoms with van der Waals surface area (Å²) in [5.41, 5.74) is 0. The zero-order valence-corrected chi connectivity index (χ0v) is 6.66. The Morgan fingerprint density at radius 3 is 2.67 bits per heavy atom. The minimum atomic E-state index is -4.11. The molecule has 0 spiro atoms. The van der Waals surface area contributed by atoms with E-state index in [-0.39, 0.29) is 6.10 Å². The standard InChI is InChI=1S/C7H12F3NO/c8-7(9,10)5-11-4-6-2-1-3-12-6/h6,11H,1-5H2/t6-/m1/s1. The first-order valence-corrected chi connectivity index (χ1v) is 3.97. The molecule has 1 fully saturated rings. The van der Waals surface area contributed by atoms with Crippen LogP contribution in [0.4, 0.5) is 13.2 Å². The van der Waals surface area contributed by atoms with E-state index >= 15 is 0 Å². The number of hydrogen-bond acceptors (Lipinski definition) is 2. The van der Waals surface area contributed by atoms with E-state index in [1.807, 2.05) is 0 Å². The molecule has 1 rings (SSSR count). The lowest BCUT2D eigenvalue weighted by Crippen LogP contribution is -2.34. The molecule has 1 saturated heterocycles. The molecular formula is C7H12F3NO. The van der Waals surface area contributed by atoms with Crippen molar-refractivity contribution in [2.24, 2.45) is 0 Å². The smallest absolute Gasteiger partial charge is 0.377 e. The van der Waals surface area contributed by atoms with Crippen LogP contribution in [0.15, 0.2) is 0 Å². The maximum atomic E-state index is 11.6. The Balaban J connectivity index is 2.02. The van der Waals surface area contributed by atoms with E-state index in [1.54, 1.807) is 0 Å². The van der Waals surface area contributed by atoms with Crippen LogP contribution < -0.4 is 5.32 Å². The van der Waals surface area contributed by atoms with Crippen LogP contribution in [0.5, 0.6) is 0 Å². The Morgan fingerprint density at radius 1 is 1.42 bits per heavy atom. The van der Waals surface area contributed by atoms with Crippen molar-refractivity contribution in [1.29, 1.82) is 0 Å². The van der Waals surface area contributed by atoms with Crippen molar-refractivity contribution in [2.45, 2.75) is 25.1 Å². The fourth-order valence-corrected chi connectivity index (χ4v) is 1.18. The van der Waals surface area contributed by atoms with Gasteiger partial charge >= 0.3 is 6.18 Å². The van der Waals surface area contributed by atoms with Gasteiger partial charge < -0.3 is 10.1 Å². The van der Waals surface area contributed by atoms with Crippen molar-refractivity contribution in [3.05, 3.63) is 0 Å². The van der Waals surface area contributed by atoms with Gasteiger partial charge in [-0.05, 0) is 12.8 Å². The average molecular weight is 183 g/mol. The van der Waals surface area contributed by atoms with Crippen molar-refractivity contribution in [2.75, 3.05) is 19.7 Å². The van der Waals surface area contributed by atoms with Gasteiger partial charge in [-0.15, -0.1) is 0 Å². The van der Waals surface area contributed by atoms with Crippen LogP contribution in [0, 0.1) is 0 Å². The molecule has 0 bridgehead atoms. The van der Waals surface area contributed by atoms with E-state index in [4.69, 9.17) is 4.74 Å². The third-order valence-corrected chi connectivity index (χ3v) is 1.72. The Bertz CT molecular complexity index is 131. The second-order valence-electron chi connectivity index (χ2n) is 2.88. The van der Waals surface area contributed by atoms with Gasteiger partial charge in [0.15, 0.2) is 0 Å². The number of hydrogen-bond donors (Lipinski definition) is 1. The van der Waals surface area contributed by atoms with E-state index in [0.29, 0.717) is 13.2 Å². The summed E-state index contributed by atoms with van der Waals surface area (Å²) in [5.74, 6) is 0. The van der Waals surface area contributed by atoms with Crippen LogP contribution in [0.2, 0.25) is 0 Å². The monoisotopic (exact) mass is 183 g/mol. The first-order valence-electron chi connectivity index (χ1n) is 3.97. The maximum absolute atomic E-state index is 11.6. The number of ether oxygens (including phenoxy) is 1. The summed E-state index contributed by atoms with van der Waals surface area (Å²) >= 11 is 0. The summed E-state index contributed by atoms with van der Waals surface area (Å²) in [6.07, 6.45) is -2.31. The third-order valence-electron chi connectivity index (χ3n) is 1.72. The van der Waals surface area contributed by atoms with Gasteiger partial charge in [0.05, 0.1) is 12.6 Å². The van der Waals surface area contributed by atoms with Crippen LogP contribution in [-0.4, -0.2) is 32.0 Å². The predicted octanol–water partition coefficient (Wildman–Crippen LogP) is 1.32. The molecule has 1 aliphatic rings. The molecule has 72 valence electrons. The lowest BCUT2D eigenvalue weighted by molar-refractivity contribution is -0.125. The van der Waals surface area contributed by atoms with Crippen LogP contribution >= 0.6 is 0 Å². The highest BCUT2D eigenvalue weighted by Crippen LogP contribution is 2.14. The SMILES string of the molecule is FC(F)(F)CNC[C@H]1CCCO1. The normalized spacial score (nSPS) is 24.8. The summed E-state index contributed by atoms with van der Waals surface area (Å²) in [6.45, 7) is 0.0603. The summed E-state index contributed by atoms with van der Waals surface area (Å²) in [7, 11) is 0. The zero-order valence-electron chi connectivity index (χ0n) is 6.66. The van der Waals surface area contributed by atoms with Crippen LogP contribution in [0.3, 0.4) is 0 Å². The first kappa shape index (κ1) is 9.80. The quantitative estimate of drug-likeness (QED) is 0.712. The average Bonchev–Trinajstić information content (AvgIpc) is 2.36. The lowest BCUT2D eigenvalue weighted by atomic mass is 10.2. The molecule has 1 atom stereocenters. The minimum absolute atomic E-state index is 0.0210. The minimum Gasteiger partial charge on any atom is -0.377 e. The molecule has 1 aliphatic heterocycles. The van der Waals surface area contributed by atoms with E-state index in [9.17, 15) is 13.2 Å². The topological polar surface area (TPSA) is 21.3 Å². The van der Waals surface area contributed by atoms with Crippen LogP contribution in [0.1, 0.15) is 12.8 Å². The Labute approximate surface area is 69.1 Å². The molecule has 0 aromatic heterocycles. The molecular weight excluding hydrogens is 171 g/mol. The molecule has 1 heterocycles. The highest BCUT2D eigenvalue weighted by atomic mass is 19.4.